The molecule has 0 aliphatic carbocycles. The fourth-order valence-corrected chi connectivity index (χ4v) is 4.57. The van der Waals surface area contributed by atoms with Crippen LogP contribution >= 0.6 is 0 Å². The largest absolute Gasteiger partial charge is 0.341 e. The molecule has 166 valence electrons. The van der Waals surface area contributed by atoms with E-state index in [0.717, 1.165) is 55.0 Å². The first-order valence-corrected chi connectivity index (χ1v) is 11.5. The molecule has 1 N–H and O–H groups in total. The van der Waals surface area contributed by atoms with Crippen molar-refractivity contribution in [2.75, 3.05) is 41.4 Å². The Morgan fingerprint density at radius 3 is 2.03 bits per heavy atom. The van der Waals surface area contributed by atoms with Crippen molar-refractivity contribution in [1.82, 2.24) is 19.5 Å². The molecule has 8 nitrogen and oxygen atoms in total. The van der Waals surface area contributed by atoms with Gasteiger partial charge in [-0.05, 0) is 57.7 Å². The van der Waals surface area contributed by atoms with E-state index in [0.29, 0.717) is 5.95 Å². The van der Waals surface area contributed by atoms with Gasteiger partial charge in [-0.1, -0.05) is 18.2 Å². The number of rotatable bonds is 6. The van der Waals surface area contributed by atoms with Crippen molar-refractivity contribution in [1.29, 1.82) is 0 Å². The van der Waals surface area contributed by atoms with Gasteiger partial charge in [0.2, 0.25) is 17.8 Å². The Hall–Kier alpha value is -3.42. The minimum atomic E-state index is 0.497. The summed E-state index contributed by atoms with van der Waals surface area (Å²) in [4.78, 5) is 18.6. The van der Waals surface area contributed by atoms with Crippen molar-refractivity contribution in [2.24, 2.45) is 5.10 Å². The van der Waals surface area contributed by atoms with Crippen LogP contribution in [0.15, 0.2) is 41.5 Å². The van der Waals surface area contributed by atoms with Crippen LogP contribution in [0.25, 0.3) is 5.69 Å². The van der Waals surface area contributed by atoms with Crippen LogP contribution in [0.4, 0.5) is 17.8 Å². The molecule has 0 saturated carbocycles. The van der Waals surface area contributed by atoms with E-state index >= 15 is 0 Å². The maximum atomic E-state index is 4.76. The Morgan fingerprint density at radius 2 is 1.44 bits per heavy atom. The van der Waals surface area contributed by atoms with Crippen LogP contribution in [-0.4, -0.2) is 51.9 Å². The lowest BCUT2D eigenvalue weighted by Crippen LogP contribution is -2.25. The van der Waals surface area contributed by atoms with Crippen LogP contribution in [-0.2, 0) is 0 Å². The molecule has 2 aromatic heterocycles. The number of aromatic nitrogens is 4. The highest BCUT2D eigenvalue weighted by Gasteiger charge is 2.21. The number of hydrogen-bond acceptors (Lipinski definition) is 7. The maximum absolute atomic E-state index is 4.76. The van der Waals surface area contributed by atoms with Gasteiger partial charge in [0.05, 0.1) is 6.21 Å². The lowest BCUT2D eigenvalue weighted by molar-refractivity contribution is 0.838. The van der Waals surface area contributed by atoms with Gasteiger partial charge in [0.15, 0.2) is 0 Å². The summed E-state index contributed by atoms with van der Waals surface area (Å²) in [6.45, 7) is 8.22. The average Bonchev–Trinajstić information content (AvgIpc) is 3.57. The third-order valence-corrected chi connectivity index (χ3v) is 6.24. The van der Waals surface area contributed by atoms with E-state index in [-0.39, 0.29) is 0 Å². The van der Waals surface area contributed by atoms with Gasteiger partial charge in [0, 0.05) is 48.8 Å². The Bertz CT molecular complexity index is 1060. The molecule has 5 rings (SSSR count). The predicted molar refractivity (Wildman–Crippen MR) is 129 cm³/mol. The monoisotopic (exact) mass is 430 g/mol. The fourth-order valence-electron chi connectivity index (χ4n) is 4.57. The minimum Gasteiger partial charge on any atom is -0.341 e. The van der Waals surface area contributed by atoms with Gasteiger partial charge in [-0.2, -0.15) is 20.1 Å². The van der Waals surface area contributed by atoms with Crippen molar-refractivity contribution < 1.29 is 0 Å². The highest BCUT2D eigenvalue weighted by Crippen LogP contribution is 2.23. The lowest BCUT2D eigenvalue weighted by Gasteiger charge is -2.20. The third kappa shape index (κ3) is 4.17. The van der Waals surface area contributed by atoms with Crippen molar-refractivity contribution in [3.63, 3.8) is 0 Å². The van der Waals surface area contributed by atoms with E-state index in [1.54, 1.807) is 0 Å². The standard InChI is InChI=1S/C24H30N8/c1-18-16-20(19(2)32(18)21-10-4-3-5-11-21)17-25-29-22-26-23(30-12-6-7-13-30)28-24(27-22)31-14-8-9-15-31/h3-5,10-11,16-17H,6-9,12-15H2,1-2H3,(H,26,27,28,29)/b25-17-. The molecule has 1 aromatic carbocycles. The topological polar surface area (TPSA) is 74.5 Å². The molecule has 0 unspecified atom stereocenters. The summed E-state index contributed by atoms with van der Waals surface area (Å²) in [6, 6.07) is 12.5. The quantitative estimate of drug-likeness (QED) is 0.472. The molecule has 4 heterocycles. The highest BCUT2D eigenvalue weighted by atomic mass is 15.4. The molecule has 2 aliphatic rings. The van der Waals surface area contributed by atoms with Gasteiger partial charge in [-0.3, -0.25) is 0 Å². The molecule has 8 heteroatoms. The molecule has 32 heavy (non-hydrogen) atoms. The fraction of sp³-hybridized carbons (Fsp3) is 0.417. The zero-order valence-electron chi connectivity index (χ0n) is 18.8. The van der Waals surface area contributed by atoms with Crippen molar-refractivity contribution >= 4 is 24.1 Å². The molecular formula is C24H30N8. The van der Waals surface area contributed by atoms with Gasteiger partial charge in [0.1, 0.15) is 0 Å². The van der Waals surface area contributed by atoms with E-state index in [9.17, 15) is 0 Å². The summed E-state index contributed by atoms with van der Waals surface area (Å²) < 4.78 is 2.24. The molecule has 2 aliphatic heterocycles. The Kier molecular flexibility index (Phi) is 5.75. The third-order valence-electron chi connectivity index (χ3n) is 6.24. The van der Waals surface area contributed by atoms with Gasteiger partial charge in [0.25, 0.3) is 0 Å². The number of nitrogens with one attached hydrogen (secondary N) is 1. The molecule has 0 amide bonds. The number of aryl methyl sites for hydroxylation is 1. The van der Waals surface area contributed by atoms with Gasteiger partial charge < -0.3 is 14.4 Å². The minimum absolute atomic E-state index is 0.497. The summed E-state index contributed by atoms with van der Waals surface area (Å²) in [7, 11) is 0. The highest BCUT2D eigenvalue weighted by molar-refractivity contribution is 5.82. The van der Waals surface area contributed by atoms with Gasteiger partial charge in [-0.15, -0.1) is 0 Å². The first-order chi connectivity index (χ1) is 15.7. The summed E-state index contributed by atoms with van der Waals surface area (Å²) in [6.07, 6.45) is 6.58. The average molecular weight is 431 g/mol. The Balaban J connectivity index is 1.38. The number of anilines is 3. The second-order valence-electron chi connectivity index (χ2n) is 8.51. The molecule has 2 fully saturated rings. The van der Waals surface area contributed by atoms with Crippen LogP contribution in [0.2, 0.25) is 0 Å². The van der Waals surface area contributed by atoms with Crippen molar-refractivity contribution in [3.8, 4) is 5.69 Å². The van der Waals surface area contributed by atoms with E-state index in [1.807, 2.05) is 12.3 Å². The number of benzene rings is 1. The normalized spacial score (nSPS) is 16.4. The lowest BCUT2D eigenvalue weighted by atomic mass is 10.2. The molecular weight excluding hydrogens is 400 g/mol. The smallest absolute Gasteiger partial charge is 0.250 e. The van der Waals surface area contributed by atoms with E-state index in [1.165, 1.54) is 31.4 Å². The molecule has 3 aromatic rings. The zero-order valence-corrected chi connectivity index (χ0v) is 18.8. The Labute approximate surface area is 189 Å². The first kappa shape index (κ1) is 20.5. The van der Waals surface area contributed by atoms with E-state index < -0.39 is 0 Å². The number of nitrogens with zero attached hydrogens (tertiary/aromatic N) is 7. The van der Waals surface area contributed by atoms with Crippen LogP contribution in [0.1, 0.15) is 42.6 Å². The summed E-state index contributed by atoms with van der Waals surface area (Å²) in [5.41, 5.74) is 7.59. The zero-order chi connectivity index (χ0) is 21.9. The van der Waals surface area contributed by atoms with Crippen LogP contribution < -0.4 is 15.2 Å². The summed E-state index contributed by atoms with van der Waals surface area (Å²) >= 11 is 0. The first-order valence-electron chi connectivity index (χ1n) is 11.5. The van der Waals surface area contributed by atoms with Crippen LogP contribution in [0, 0.1) is 13.8 Å². The second kappa shape index (κ2) is 8.98. The van der Waals surface area contributed by atoms with E-state index in [4.69, 9.17) is 4.98 Å². The molecule has 0 bridgehead atoms. The van der Waals surface area contributed by atoms with Crippen LogP contribution in [0.5, 0.6) is 0 Å². The predicted octanol–water partition coefficient (Wildman–Crippen LogP) is 3.93. The number of hydrazone groups is 1. The van der Waals surface area contributed by atoms with Gasteiger partial charge in [-0.25, -0.2) is 5.43 Å². The molecule has 0 spiro atoms. The second-order valence-corrected chi connectivity index (χ2v) is 8.51. The van der Waals surface area contributed by atoms with E-state index in [2.05, 4.69) is 79.0 Å². The molecule has 0 radical (unpaired) electrons. The summed E-state index contributed by atoms with van der Waals surface area (Å²) in [5.74, 6) is 2.00. The van der Waals surface area contributed by atoms with Crippen molar-refractivity contribution in [2.45, 2.75) is 39.5 Å². The molecule has 2 saturated heterocycles. The SMILES string of the molecule is Cc1cc(/C=N\Nc2nc(N3CCCC3)nc(N3CCCC3)n2)c(C)n1-c1ccccc1. The molecule has 0 atom stereocenters. The van der Waals surface area contributed by atoms with Gasteiger partial charge >= 0.3 is 0 Å². The maximum Gasteiger partial charge on any atom is 0.250 e. The number of para-hydroxylation sites is 1. The van der Waals surface area contributed by atoms with Crippen molar-refractivity contribution in [3.05, 3.63) is 53.3 Å². The Morgan fingerprint density at radius 1 is 0.844 bits per heavy atom. The van der Waals surface area contributed by atoms with Crippen LogP contribution in [0.3, 0.4) is 0 Å². The summed E-state index contributed by atoms with van der Waals surface area (Å²) in [5, 5.41) is 4.48. The number of hydrogen-bond donors (Lipinski definition) is 1.